The van der Waals surface area contributed by atoms with Crippen LogP contribution in [0.1, 0.15) is 45.4 Å². The molecule has 0 amide bonds. The van der Waals surface area contributed by atoms with E-state index in [-0.39, 0.29) is 12.5 Å². The molecule has 3 N–H and O–H groups in total. The summed E-state index contributed by atoms with van der Waals surface area (Å²) in [4.78, 5) is 2.31. The average molecular weight is 271 g/mol. The van der Waals surface area contributed by atoms with Gasteiger partial charge in [0, 0.05) is 31.7 Å². The maximum absolute atomic E-state index is 9.99. The molecule has 19 heavy (non-hydrogen) atoms. The van der Waals surface area contributed by atoms with Crippen molar-refractivity contribution in [3.63, 3.8) is 0 Å². The predicted octanol–water partition coefficient (Wildman–Crippen LogP) is 0.991. The molecule has 4 nitrogen and oxygen atoms in total. The van der Waals surface area contributed by atoms with Gasteiger partial charge in [0.15, 0.2) is 0 Å². The third kappa shape index (κ3) is 3.48. The fraction of sp³-hybridized carbons (Fsp3) is 1.00. The highest BCUT2D eigenvalue weighted by Gasteiger charge is 2.38. The third-order valence-corrected chi connectivity index (χ3v) is 5.08. The summed E-state index contributed by atoms with van der Waals surface area (Å²) in [7, 11) is 0. The molecule has 4 heteroatoms. The lowest BCUT2D eigenvalue weighted by molar-refractivity contribution is -0.102. The summed E-state index contributed by atoms with van der Waals surface area (Å²) >= 11 is 0. The largest absolute Gasteiger partial charge is 0.396 e. The Morgan fingerprint density at radius 2 is 1.79 bits per heavy atom. The van der Waals surface area contributed by atoms with Crippen LogP contribution < -0.4 is 0 Å². The standard InChI is InChI=1S/C15H29NO3/c1-2-13(11-6-4-3-5-7-11)16-8-12(10-17)15(19)14(18)9-16/h11-15,17-19H,2-10H2,1H3/t12-,13?,14-,15-/m0/s1. The summed E-state index contributed by atoms with van der Waals surface area (Å²) in [5.74, 6) is 0.516. The minimum atomic E-state index is -0.773. The highest BCUT2D eigenvalue weighted by Crippen LogP contribution is 2.32. The highest BCUT2D eigenvalue weighted by atomic mass is 16.3. The molecule has 1 aliphatic carbocycles. The average Bonchev–Trinajstić information content (AvgIpc) is 2.44. The van der Waals surface area contributed by atoms with E-state index in [2.05, 4.69) is 11.8 Å². The van der Waals surface area contributed by atoms with E-state index in [4.69, 9.17) is 0 Å². The highest BCUT2D eigenvalue weighted by molar-refractivity contribution is 4.91. The van der Waals surface area contributed by atoms with Crippen molar-refractivity contribution in [3.8, 4) is 0 Å². The zero-order chi connectivity index (χ0) is 13.8. The maximum atomic E-state index is 9.99. The summed E-state index contributed by atoms with van der Waals surface area (Å²) < 4.78 is 0. The second-order valence-electron chi connectivity index (χ2n) is 6.33. The van der Waals surface area contributed by atoms with E-state index in [1.807, 2.05) is 0 Å². The lowest BCUT2D eigenvalue weighted by atomic mass is 9.80. The normalized spacial score (nSPS) is 36.3. The molecule has 0 radical (unpaired) electrons. The Bertz CT molecular complexity index is 268. The Hall–Kier alpha value is -0.160. The van der Waals surface area contributed by atoms with Crippen molar-refractivity contribution < 1.29 is 15.3 Å². The Morgan fingerprint density at radius 1 is 1.11 bits per heavy atom. The van der Waals surface area contributed by atoms with Gasteiger partial charge in [0.1, 0.15) is 0 Å². The van der Waals surface area contributed by atoms with Crippen LogP contribution in [0, 0.1) is 11.8 Å². The minimum Gasteiger partial charge on any atom is -0.396 e. The smallest absolute Gasteiger partial charge is 0.0929 e. The molecule has 2 aliphatic rings. The van der Waals surface area contributed by atoms with Crippen molar-refractivity contribution in [3.05, 3.63) is 0 Å². The molecule has 0 aromatic rings. The summed E-state index contributed by atoms with van der Waals surface area (Å²) in [6.45, 7) is 3.43. The first-order chi connectivity index (χ1) is 9.17. The number of hydrogen-bond donors (Lipinski definition) is 3. The van der Waals surface area contributed by atoms with Gasteiger partial charge in [-0.15, -0.1) is 0 Å². The van der Waals surface area contributed by atoms with Gasteiger partial charge in [0.05, 0.1) is 12.2 Å². The van der Waals surface area contributed by atoms with Crippen molar-refractivity contribution in [2.75, 3.05) is 19.7 Å². The molecule has 1 heterocycles. The van der Waals surface area contributed by atoms with E-state index in [0.717, 1.165) is 12.3 Å². The molecule has 1 aliphatic heterocycles. The fourth-order valence-corrected chi connectivity index (χ4v) is 3.99. The van der Waals surface area contributed by atoms with Gasteiger partial charge in [-0.25, -0.2) is 0 Å². The topological polar surface area (TPSA) is 63.9 Å². The molecule has 4 atom stereocenters. The van der Waals surface area contributed by atoms with E-state index in [1.54, 1.807) is 0 Å². The molecule has 2 rings (SSSR count). The molecule has 0 aromatic carbocycles. The second kappa shape index (κ2) is 7.02. The maximum Gasteiger partial charge on any atom is 0.0929 e. The molecule has 2 fully saturated rings. The molecule has 112 valence electrons. The van der Waals surface area contributed by atoms with Crippen LogP contribution in [0.5, 0.6) is 0 Å². The van der Waals surface area contributed by atoms with Gasteiger partial charge < -0.3 is 15.3 Å². The van der Waals surface area contributed by atoms with E-state index >= 15 is 0 Å². The van der Waals surface area contributed by atoms with Gasteiger partial charge in [0.25, 0.3) is 0 Å². The van der Waals surface area contributed by atoms with Crippen LogP contribution in [0.4, 0.5) is 0 Å². The van der Waals surface area contributed by atoms with Crippen LogP contribution in [-0.2, 0) is 0 Å². The first kappa shape index (κ1) is 15.2. The van der Waals surface area contributed by atoms with Crippen LogP contribution in [0.3, 0.4) is 0 Å². The number of aliphatic hydroxyl groups is 3. The second-order valence-corrected chi connectivity index (χ2v) is 6.33. The molecular weight excluding hydrogens is 242 g/mol. The first-order valence-electron chi connectivity index (χ1n) is 7.88. The van der Waals surface area contributed by atoms with Gasteiger partial charge in [-0.3, -0.25) is 4.90 Å². The molecule has 0 bridgehead atoms. The van der Waals surface area contributed by atoms with Crippen LogP contribution in [-0.4, -0.2) is 58.2 Å². The summed E-state index contributed by atoms with van der Waals surface area (Å²) in [5.41, 5.74) is 0. The molecule has 1 unspecified atom stereocenters. The first-order valence-corrected chi connectivity index (χ1v) is 7.88. The quantitative estimate of drug-likeness (QED) is 0.713. The van der Waals surface area contributed by atoms with E-state index in [0.29, 0.717) is 19.1 Å². The molecule has 1 saturated heterocycles. The lowest BCUT2D eigenvalue weighted by Crippen LogP contribution is -2.57. The van der Waals surface area contributed by atoms with E-state index < -0.39 is 12.2 Å². The number of aliphatic hydroxyl groups excluding tert-OH is 3. The summed E-state index contributed by atoms with van der Waals surface area (Å²) in [6, 6.07) is 0.497. The number of hydrogen-bond acceptors (Lipinski definition) is 4. The monoisotopic (exact) mass is 271 g/mol. The Kier molecular flexibility index (Phi) is 5.63. The number of β-amino-alcohol motifs (C(OH)–C–C–N with tert-alkyl or cyclic N) is 1. The Labute approximate surface area is 116 Å². The van der Waals surface area contributed by atoms with Gasteiger partial charge in [-0.2, -0.15) is 0 Å². The molecule has 1 saturated carbocycles. The van der Waals surface area contributed by atoms with Crippen LogP contribution in [0.2, 0.25) is 0 Å². The van der Waals surface area contributed by atoms with Gasteiger partial charge in [-0.05, 0) is 25.2 Å². The summed E-state index contributed by atoms with van der Waals surface area (Å²) in [6.07, 6.45) is 6.18. The number of nitrogens with zero attached hydrogens (tertiary/aromatic N) is 1. The van der Waals surface area contributed by atoms with Crippen molar-refractivity contribution in [2.24, 2.45) is 11.8 Å². The van der Waals surface area contributed by atoms with Crippen LogP contribution >= 0.6 is 0 Å². The summed E-state index contributed by atoms with van der Waals surface area (Å²) in [5, 5.41) is 29.2. The van der Waals surface area contributed by atoms with Crippen molar-refractivity contribution >= 4 is 0 Å². The van der Waals surface area contributed by atoms with Crippen molar-refractivity contribution in [1.29, 1.82) is 0 Å². The van der Waals surface area contributed by atoms with Crippen LogP contribution in [0.25, 0.3) is 0 Å². The van der Waals surface area contributed by atoms with Gasteiger partial charge in [-0.1, -0.05) is 26.2 Å². The number of rotatable bonds is 4. The van der Waals surface area contributed by atoms with Crippen LogP contribution in [0.15, 0.2) is 0 Å². The van der Waals surface area contributed by atoms with Crippen molar-refractivity contribution in [1.82, 2.24) is 4.90 Å². The number of likely N-dealkylation sites (tertiary alicyclic amines) is 1. The predicted molar refractivity (Wildman–Crippen MR) is 74.8 cm³/mol. The zero-order valence-electron chi connectivity index (χ0n) is 12.0. The SMILES string of the molecule is CCC(C1CCCCC1)N1C[C@@H](CO)[C@H](O)[C@@H](O)C1. The number of piperidine rings is 1. The third-order valence-electron chi connectivity index (χ3n) is 5.08. The minimum absolute atomic E-state index is 0.0458. The molecular formula is C15H29NO3. The molecule has 0 spiro atoms. The lowest BCUT2D eigenvalue weighted by Gasteiger charge is -2.45. The van der Waals surface area contributed by atoms with Crippen molar-refractivity contribution in [2.45, 2.75) is 63.7 Å². The Balaban J connectivity index is 2.01. The molecule has 0 aromatic heterocycles. The Morgan fingerprint density at radius 3 is 2.37 bits per heavy atom. The van der Waals surface area contributed by atoms with Gasteiger partial charge in [0.2, 0.25) is 0 Å². The zero-order valence-corrected chi connectivity index (χ0v) is 12.0. The van der Waals surface area contributed by atoms with Gasteiger partial charge >= 0.3 is 0 Å². The fourth-order valence-electron chi connectivity index (χ4n) is 3.99. The van der Waals surface area contributed by atoms with E-state index in [9.17, 15) is 15.3 Å². The van der Waals surface area contributed by atoms with E-state index in [1.165, 1.54) is 32.1 Å².